The van der Waals surface area contributed by atoms with Crippen LogP contribution in [0.4, 0.5) is 23.7 Å². The molecule has 0 unspecified atom stereocenters. The summed E-state index contributed by atoms with van der Waals surface area (Å²) in [5.74, 6) is -0.346. The second-order valence-electron chi connectivity index (χ2n) is 5.94. The second kappa shape index (κ2) is 8.57. The number of hydrogen-bond acceptors (Lipinski definition) is 3. The van der Waals surface area contributed by atoms with Crippen molar-refractivity contribution in [3.05, 3.63) is 59.7 Å². The van der Waals surface area contributed by atoms with Crippen molar-refractivity contribution in [1.29, 1.82) is 0 Å². The molecule has 0 aliphatic carbocycles. The molecule has 26 heavy (non-hydrogen) atoms. The number of carbonyl (C=O) groups excluding carboxylic acids is 1. The van der Waals surface area contributed by atoms with Crippen molar-refractivity contribution in [2.24, 2.45) is 0 Å². The molecule has 0 spiro atoms. The molecular weight excluding hydrogens is 347 g/mol. The maximum atomic E-state index is 12.1. The Bertz CT molecular complexity index is 731. The van der Waals surface area contributed by atoms with Gasteiger partial charge in [-0.2, -0.15) is 0 Å². The van der Waals surface area contributed by atoms with E-state index in [9.17, 15) is 18.0 Å². The molecule has 0 heterocycles. The molecule has 0 saturated carbocycles. The van der Waals surface area contributed by atoms with E-state index in [0.29, 0.717) is 12.2 Å². The quantitative estimate of drug-likeness (QED) is 0.812. The minimum absolute atomic E-state index is 0.336. The molecule has 2 amide bonds. The molecule has 2 rings (SSSR count). The normalized spacial score (nSPS) is 11.3. The molecule has 5 nitrogen and oxygen atoms in total. The highest BCUT2D eigenvalue weighted by atomic mass is 19.4. The van der Waals surface area contributed by atoms with Crippen molar-refractivity contribution >= 4 is 11.7 Å². The summed E-state index contributed by atoms with van der Waals surface area (Å²) in [4.78, 5) is 14.0. The van der Waals surface area contributed by atoms with Gasteiger partial charge in [-0.25, -0.2) is 4.79 Å². The molecule has 0 aliphatic heterocycles. The van der Waals surface area contributed by atoms with Crippen LogP contribution in [0.25, 0.3) is 0 Å². The maximum absolute atomic E-state index is 12.1. The van der Waals surface area contributed by atoms with Crippen LogP contribution in [-0.4, -0.2) is 31.4 Å². The zero-order valence-electron chi connectivity index (χ0n) is 14.4. The minimum atomic E-state index is -4.74. The number of carbonyl (C=O) groups is 1. The number of nitrogens with one attached hydrogen (secondary N) is 2. The second-order valence-corrected chi connectivity index (χ2v) is 5.94. The van der Waals surface area contributed by atoms with Gasteiger partial charge in [0.25, 0.3) is 0 Å². The van der Waals surface area contributed by atoms with Crippen LogP contribution in [0.1, 0.15) is 11.1 Å². The third kappa shape index (κ3) is 7.02. The van der Waals surface area contributed by atoms with Crippen LogP contribution in [0.15, 0.2) is 48.5 Å². The number of benzene rings is 2. The summed E-state index contributed by atoms with van der Waals surface area (Å²) in [7, 11) is 3.95. The number of hydrogen-bond donors (Lipinski definition) is 2. The van der Waals surface area contributed by atoms with Crippen LogP contribution in [0.5, 0.6) is 5.75 Å². The van der Waals surface area contributed by atoms with E-state index in [4.69, 9.17) is 0 Å². The zero-order valence-corrected chi connectivity index (χ0v) is 14.4. The van der Waals surface area contributed by atoms with Crippen LogP contribution in [0.3, 0.4) is 0 Å². The molecule has 0 fully saturated rings. The van der Waals surface area contributed by atoms with Gasteiger partial charge in [-0.3, -0.25) is 0 Å². The van der Waals surface area contributed by atoms with Gasteiger partial charge in [-0.1, -0.05) is 24.3 Å². The molecular formula is C18H20F3N3O2. The molecule has 0 saturated heterocycles. The summed E-state index contributed by atoms with van der Waals surface area (Å²) in [5.41, 5.74) is 2.45. The number of alkyl halides is 3. The SMILES string of the molecule is CN(C)Cc1cccc(CNC(=O)Nc2ccc(OC(F)(F)F)cc2)c1. The van der Waals surface area contributed by atoms with Crippen LogP contribution >= 0.6 is 0 Å². The number of amides is 2. The van der Waals surface area contributed by atoms with E-state index in [1.165, 1.54) is 12.1 Å². The van der Waals surface area contributed by atoms with E-state index in [2.05, 4.69) is 15.4 Å². The van der Waals surface area contributed by atoms with Crippen molar-refractivity contribution in [2.45, 2.75) is 19.5 Å². The number of urea groups is 1. The minimum Gasteiger partial charge on any atom is -0.406 e. The maximum Gasteiger partial charge on any atom is 0.573 e. The summed E-state index contributed by atoms with van der Waals surface area (Å²) >= 11 is 0. The van der Waals surface area contributed by atoms with Gasteiger partial charge in [0.2, 0.25) is 0 Å². The van der Waals surface area contributed by atoms with Crippen molar-refractivity contribution in [2.75, 3.05) is 19.4 Å². The molecule has 0 aliphatic rings. The first kappa shape index (κ1) is 19.6. The van der Waals surface area contributed by atoms with Crippen molar-refractivity contribution in [1.82, 2.24) is 10.2 Å². The van der Waals surface area contributed by atoms with Gasteiger partial charge in [-0.05, 0) is 49.5 Å². The molecule has 2 N–H and O–H groups in total. The summed E-state index contributed by atoms with van der Waals surface area (Å²) in [6, 6.07) is 12.3. The molecule has 0 bridgehead atoms. The van der Waals surface area contributed by atoms with Crippen molar-refractivity contribution in [3.8, 4) is 5.75 Å². The van der Waals surface area contributed by atoms with E-state index in [0.717, 1.165) is 29.8 Å². The molecule has 0 radical (unpaired) electrons. The smallest absolute Gasteiger partial charge is 0.406 e. The molecule has 2 aromatic rings. The predicted octanol–water partition coefficient (Wildman–Crippen LogP) is 3.97. The Hall–Kier alpha value is -2.74. The van der Waals surface area contributed by atoms with Crippen LogP contribution in [0.2, 0.25) is 0 Å². The highest BCUT2D eigenvalue weighted by Crippen LogP contribution is 2.23. The summed E-state index contributed by atoms with van der Waals surface area (Å²) in [6.45, 7) is 1.13. The Morgan fingerprint density at radius 2 is 1.73 bits per heavy atom. The van der Waals surface area contributed by atoms with Crippen LogP contribution in [0, 0.1) is 0 Å². The van der Waals surface area contributed by atoms with Crippen LogP contribution in [-0.2, 0) is 13.1 Å². The average Bonchev–Trinajstić information content (AvgIpc) is 2.53. The van der Waals surface area contributed by atoms with Gasteiger partial charge in [0.05, 0.1) is 0 Å². The topological polar surface area (TPSA) is 53.6 Å². The number of halogens is 3. The highest BCUT2D eigenvalue weighted by Gasteiger charge is 2.30. The Balaban J connectivity index is 1.85. The largest absolute Gasteiger partial charge is 0.573 e. The lowest BCUT2D eigenvalue weighted by Crippen LogP contribution is -2.28. The predicted molar refractivity (Wildman–Crippen MR) is 92.8 cm³/mol. The Morgan fingerprint density at radius 1 is 1.08 bits per heavy atom. The summed E-state index contributed by atoms with van der Waals surface area (Å²) in [6.07, 6.45) is -4.74. The van der Waals surface area contributed by atoms with Gasteiger partial charge < -0.3 is 20.3 Å². The van der Waals surface area contributed by atoms with E-state index >= 15 is 0 Å². The van der Waals surface area contributed by atoms with Gasteiger partial charge in [0, 0.05) is 18.8 Å². The molecule has 0 atom stereocenters. The summed E-state index contributed by atoms with van der Waals surface area (Å²) < 4.78 is 40.1. The molecule has 8 heteroatoms. The molecule has 2 aromatic carbocycles. The van der Waals surface area contributed by atoms with E-state index in [-0.39, 0.29) is 5.75 Å². The fourth-order valence-electron chi connectivity index (χ4n) is 2.30. The third-order valence-corrected chi connectivity index (χ3v) is 3.29. The monoisotopic (exact) mass is 367 g/mol. The molecule has 140 valence electrons. The van der Waals surface area contributed by atoms with E-state index < -0.39 is 12.4 Å². The lowest BCUT2D eigenvalue weighted by molar-refractivity contribution is -0.274. The fourth-order valence-corrected chi connectivity index (χ4v) is 2.30. The average molecular weight is 367 g/mol. The first-order valence-electron chi connectivity index (χ1n) is 7.84. The highest BCUT2D eigenvalue weighted by molar-refractivity contribution is 5.89. The van der Waals surface area contributed by atoms with Crippen LogP contribution < -0.4 is 15.4 Å². The fraction of sp³-hybridized carbons (Fsp3) is 0.278. The summed E-state index contributed by atoms with van der Waals surface area (Å²) in [5, 5.41) is 5.26. The zero-order chi connectivity index (χ0) is 19.2. The number of rotatable bonds is 6. The lowest BCUT2D eigenvalue weighted by atomic mass is 10.1. The Kier molecular flexibility index (Phi) is 6.46. The van der Waals surface area contributed by atoms with Crippen molar-refractivity contribution < 1.29 is 22.7 Å². The van der Waals surface area contributed by atoms with Crippen molar-refractivity contribution in [3.63, 3.8) is 0 Å². The van der Waals surface area contributed by atoms with E-state index in [1.807, 2.05) is 43.3 Å². The number of anilines is 1. The van der Waals surface area contributed by atoms with Gasteiger partial charge >= 0.3 is 12.4 Å². The first-order chi connectivity index (χ1) is 12.2. The lowest BCUT2D eigenvalue weighted by Gasteiger charge is -2.12. The third-order valence-electron chi connectivity index (χ3n) is 3.29. The first-order valence-corrected chi connectivity index (χ1v) is 7.84. The Labute approximate surface area is 149 Å². The van der Waals surface area contributed by atoms with Gasteiger partial charge in [0.15, 0.2) is 0 Å². The van der Waals surface area contributed by atoms with Gasteiger partial charge in [0.1, 0.15) is 5.75 Å². The standard InChI is InChI=1S/C18H20F3N3O2/c1-24(2)12-14-5-3-4-13(10-14)11-22-17(25)23-15-6-8-16(9-7-15)26-18(19,20)21/h3-10H,11-12H2,1-2H3,(H2,22,23,25). The number of nitrogens with zero attached hydrogens (tertiary/aromatic N) is 1. The Morgan fingerprint density at radius 3 is 2.35 bits per heavy atom. The van der Waals surface area contributed by atoms with E-state index in [1.54, 1.807) is 0 Å². The molecule has 0 aromatic heterocycles. The van der Waals surface area contributed by atoms with Gasteiger partial charge in [-0.15, -0.1) is 13.2 Å². The number of ether oxygens (including phenoxy) is 1.